The smallest absolute Gasteiger partial charge is 0.337 e. The number of benzene rings is 2. The predicted molar refractivity (Wildman–Crippen MR) is 82.4 cm³/mol. The first-order valence-corrected chi connectivity index (χ1v) is 7.52. The highest BCUT2D eigenvalue weighted by Crippen LogP contribution is 2.42. The van der Waals surface area contributed by atoms with Crippen LogP contribution >= 0.6 is 7.92 Å². The third-order valence-electron chi connectivity index (χ3n) is 2.75. The average molecular weight is 300 g/mol. The van der Waals surface area contributed by atoms with Gasteiger partial charge in [-0.05, 0) is 18.5 Å². The molecule has 0 spiro atoms. The van der Waals surface area contributed by atoms with E-state index in [0.717, 1.165) is 16.7 Å². The van der Waals surface area contributed by atoms with E-state index in [4.69, 9.17) is 5.11 Å². The SMILES string of the molecule is O=C(O)C=C(C(=O)O)P(c1ccccc1)c1ccccc1. The predicted octanol–water partition coefficient (Wildman–Crippen LogP) is 2.17. The normalized spacial score (nSPS) is 11.4. The van der Waals surface area contributed by atoms with Crippen LogP contribution in [0.1, 0.15) is 0 Å². The second-order valence-corrected chi connectivity index (χ2v) is 6.36. The molecule has 0 aliphatic carbocycles. The monoisotopic (exact) mass is 300 g/mol. The van der Waals surface area contributed by atoms with Crippen molar-refractivity contribution in [3.8, 4) is 0 Å². The minimum Gasteiger partial charge on any atom is -0.478 e. The molecule has 0 saturated carbocycles. The van der Waals surface area contributed by atoms with Crippen LogP contribution in [-0.4, -0.2) is 22.2 Å². The standard InChI is InChI=1S/C16H13O4P/c17-15(18)11-14(16(19)20)21(12-7-3-1-4-8-12)13-9-5-2-6-10-13/h1-11H,(H,17,18)(H,19,20). The van der Waals surface area contributed by atoms with Gasteiger partial charge in [-0.1, -0.05) is 60.7 Å². The first-order valence-electron chi connectivity index (χ1n) is 6.17. The Bertz CT molecular complexity index is 626. The fourth-order valence-electron chi connectivity index (χ4n) is 1.92. The maximum Gasteiger partial charge on any atom is 0.337 e. The molecule has 5 heteroatoms. The van der Waals surface area contributed by atoms with E-state index in [1.165, 1.54) is 0 Å². The Balaban J connectivity index is 2.61. The van der Waals surface area contributed by atoms with Gasteiger partial charge in [0.1, 0.15) is 0 Å². The second kappa shape index (κ2) is 6.82. The molecule has 106 valence electrons. The summed E-state index contributed by atoms with van der Waals surface area (Å²) in [4.78, 5) is 22.5. The highest BCUT2D eigenvalue weighted by atomic mass is 31.1. The number of hydrogen-bond acceptors (Lipinski definition) is 2. The van der Waals surface area contributed by atoms with E-state index in [2.05, 4.69) is 0 Å². The van der Waals surface area contributed by atoms with Gasteiger partial charge in [0.2, 0.25) is 0 Å². The van der Waals surface area contributed by atoms with E-state index in [9.17, 15) is 14.7 Å². The van der Waals surface area contributed by atoms with E-state index >= 15 is 0 Å². The van der Waals surface area contributed by atoms with Gasteiger partial charge in [-0.25, -0.2) is 9.59 Å². The Hall–Kier alpha value is -2.45. The van der Waals surface area contributed by atoms with Crippen LogP contribution in [0.4, 0.5) is 0 Å². The number of aliphatic carboxylic acids is 2. The molecule has 0 fully saturated rings. The molecule has 21 heavy (non-hydrogen) atoms. The summed E-state index contributed by atoms with van der Waals surface area (Å²) < 4.78 is 0. The minimum absolute atomic E-state index is 0.102. The van der Waals surface area contributed by atoms with Crippen LogP contribution in [0.15, 0.2) is 72.1 Å². The van der Waals surface area contributed by atoms with Crippen molar-refractivity contribution in [2.75, 3.05) is 0 Å². The van der Waals surface area contributed by atoms with Crippen LogP contribution in [0.3, 0.4) is 0 Å². The van der Waals surface area contributed by atoms with E-state index in [1.54, 1.807) is 0 Å². The van der Waals surface area contributed by atoms with E-state index < -0.39 is 19.9 Å². The molecule has 2 rings (SSSR count). The lowest BCUT2D eigenvalue weighted by Gasteiger charge is -2.19. The van der Waals surface area contributed by atoms with Crippen molar-refractivity contribution in [3.05, 3.63) is 72.1 Å². The third-order valence-corrected chi connectivity index (χ3v) is 5.18. The molecule has 0 aliphatic rings. The van der Waals surface area contributed by atoms with Gasteiger partial charge in [0.15, 0.2) is 0 Å². The van der Waals surface area contributed by atoms with Crippen molar-refractivity contribution in [2.45, 2.75) is 0 Å². The molecule has 0 aliphatic heterocycles. The van der Waals surface area contributed by atoms with Crippen LogP contribution in [0.25, 0.3) is 0 Å². The highest BCUT2D eigenvalue weighted by molar-refractivity contribution is 7.77. The highest BCUT2D eigenvalue weighted by Gasteiger charge is 2.24. The lowest BCUT2D eigenvalue weighted by atomic mass is 10.4. The minimum atomic E-state index is -1.41. The lowest BCUT2D eigenvalue weighted by Crippen LogP contribution is -2.17. The first kappa shape index (κ1) is 14.9. The van der Waals surface area contributed by atoms with Gasteiger partial charge in [0, 0.05) is 6.08 Å². The van der Waals surface area contributed by atoms with Crippen LogP contribution in [0.5, 0.6) is 0 Å². The van der Waals surface area contributed by atoms with Crippen molar-refractivity contribution in [2.24, 2.45) is 0 Å². The van der Waals surface area contributed by atoms with Gasteiger partial charge in [0.05, 0.1) is 5.31 Å². The van der Waals surface area contributed by atoms with Gasteiger partial charge in [-0.2, -0.15) is 0 Å². The van der Waals surface area contributed by atoms with Gasteiger partial charge in [0.25, 0.3) is 0 Å². The summed E-state index contributed by atoms with van der Waals surface area (Å²) in [5.41, 5.74) is 0. The van der Waals surface area contributed by atoms with Crippen molar-refractivity contribution in [1.82, 2.24) is 0 Å². The molecule has 0 bridgehead atoms. The lowest BCUT2D eigenvalue weighted by molar-refractivity contribution is -0.134. The molecule has 0 radical (unpaired) electrons. The second-order valence-electron chi connectivity index (χ2n) is 4.18. The summed E-state index contributed by atoms with van der Waals surface area (Å²) in [5.74, 6) is -2.47. The summed E-state index contributed by atoms with van der Waals surface area (Å²) in [6.07, 6.45) is 0.786. The Kier molecular flexibility index (Phi) is 4.85. The molecule has 0 unspecified atom stereocenters. The molecular weight excluding hydrogens is 287 g/mol. The summed E-state index contributed by atoms with van der Waals surface area (Å²) in [5, 5.41) is 19.8. The largest absolute Gasteiger partial charge is 0.478 e. The molecule has 0 aromatic heterocycles. The zero-order chi connectivity index (χ0) is 15.2. The number of rotatable bonds is 5. The van der Waals surface area contributed by atoms with E-state index in [-0.39, 0.29) is 5.31 Å². The Morgan fingerprint density at radius 1 is 0.810 bits per heavy atom. The zero-order valence-corrected chi connectivity index (χ0v) is 11.9. The molecule has 0 atom stereocenters. The van der Waals surface area contributed by atoms with Gasteiger partial charge in [-0.15, -0.1) is 0 Å². The van der Waals surface area contributed by atoms with Gasteiger partial charge < -0.3 is 10.2 Å². The Morgan fingerprint density at radius 2 is 1.24 bits per heavy atom. The quantitative estimate of drug-likeness (QED) is 0.655. The van der Waals surface area contributed by atoms with Gasteiger partial charge in [-0.3, -0.25) is 0 Å². The first-order chi connectivity index (χ1) is 10.1. The Morgan fingerprint density at radius 3 is 1.57 bits per heavy atom. The van der Waals surface area contributed by atoms with Crippen LogP contribution in [0.2, 0.25) is 0 Å². The number of carbonyl (C=O) groups is 2. The van der Waals surface area contributed by atoms with Crippen molar-refractivity contribution < 1.29 is 19.8 Å². The van der Waals surface area contributed by atoms with Crippen molar-refractivity contribution >= 4 is 30.5 Å². The maximum atomic E-state index is 11.5. The fraction of sp³-hybridized carbons (Fsp3) is 0. The van der Waals surface area contributed by atoms with Crippen LogP contribution in [-0.2, 0) is 9.59 Å². The summed E-state index contributed by atoms with van der Waals surface area (Å²) in [6.45, 7) is 0. The molecule has 2 aromatic carbocycles. The number of hydrogen-bond donors (Lipinski definition) is 2. The summed E-state index contributed by atoms with van der Waals surface area (Å²) in [6, 6.07) is 18.2. The van der Waals surface area contributed by atoms with Gasteiger partial charge >= 0.3 is 11.9 Å². The van der Waals surface area contributed by atoms with Crippen molar-refractivity contribution in [1.29, 1.82) is 0 Å². The molecule has 0 heterocycles. The topological polar surface area (TPSA) is 74.6 Å². The molecule has 2 N–H and O–H groups in total. The summed E-state index contributed by atoms with van der Waals surface area (Å²) in [7, 11) is -1.41. The molecule has 0 saturated heterocycles. The van der Waals surface area contributed by atoms with E-state index in [1.807, 2.05) is 60.7 Å². The molecular formula is C16H13O4P. The average Bonchev–Trinajstić information content (AvgIpc) is 2.48. The zero-order valence-electron chi connectivity index (χ0n) is 11.0. The molecule has 0 amide bonds. The van der Waals surface area contributed by atoms with E-state index in [0.29, 0.717) is 0 Å². The van der Waals surface area contributed by atoms with Crippen LogP contribution < -0.4 is 10.6 Å². The van der Waals surface area contributed by atoms with Crippen molar-refractivity contribution in [3.63, 3.8) is 0 Å². The number of carboxylic acid groups (broad SMARTS) is 2. The number of carboxylic acids is 2. The van der Waals surface area contributed by atoms with Crippen LogP contribution in [0, 0.1) is 0 Å². The fourth-order valence-corrected chi connectivity index (χ4v) is 4.15. The third kappa shape index (κ3) is 3.77. The Labute approximate surface area is 123 Å². The molecule has 2 aromatic rings. The maximum absolute atomic E-state index is 11.5. The molecule has 4 nitrogen and oxygen atoms in total. The summed E-state index contributed by atoms with van der Waals surface area (Å²) >= 11 is 0.